The van der Waals surface area contributed by atoms with Crippen LogP contribution in [-0.4, -0.2) is 34.2 Å². The summed E-state index contributed by atoms with van der Waals surface area (Å²) in [6.07, 6.45) is 1.09. The van der Waals surface area contributed by atoms with Crippen LogP contribution in [-0.2, 0) is 4.79 Å². The monoisotopic (exact) mass is 277 g/mol. The topological polar surface area (TPSA) is 60.8 Å². The first kappa shape index (κ1) is 14.9. The average molecular weight is 277 g/mol. The number of aliphatic carboxylic acids is 1. The fraction of sp³-hybridized carbons (Fsp3) is 0.562. The summed E-state index contributed by atoms with van der Waals surface area (Å²) in [5.74, 6) is -0.0297. The maximum atomic E-state index is 10.8. The van der Waals surface area contributed by atoms with E-state index in [1.54, 1.807) is 6.07 Å². The molecule has 0 spiro atoms. The molecule has 20 heavy (non-hydrogen) atoms. The summed E-state index contributed by atoms with van der Waals surface area (Å²) < 4.78 is 0. The number of carboxylic acids is 1. The lowest BCUT2D eigenvalue weighted by molar-refractivity contribution is -0.137. The van der Waals surface area contributed by atoms with E-state index in [9.17, 15) is 9.90 Å². The Labute approximate surface area is 120 Å². The molecule has 0 heterocycles. The lowest BCUT2D eigenvalue weighted by Crippen LogP contribution is -2.29. The summed E-state index contributed by atoms with van der Waals surface area (Å²) in [6.45, 7) is 7.60. The van der Waals surface area contributed by atoms with Crippen LogP contribution in [0, 0.1) is 6.92 Å². The summed E-state index contributed by atoms with van der Waals surface area (Å²) in [7, 11) is 0. The van der Waals surface area contributed by atoms with Gasteiger partial charge in [-0.05, 0) is 43.0 Å². The molecule has 4 nitrogen and oxygen atoms in total. The van der Waals surface area contributed by atoms with E-state index >= 15 is 0 Å². The Morgan fingerprint density at radius 1 is 1.40 bits per heavy atom. The highest BCUT2D eigenvalue weighted by Crippen LogP contribution is 2.48. The summed E-state index contributed by atoms with van der Waals surface area (Å²) in [5, 5.41) is 19.1. The van der Waals surface area contributed by atoms with Gasteiger partial charge in [0.15, 0.2) is 0 Å². The van der Waals surface area contributed by atoms with Crippen LogP contribution in [0.3, 0.4) is 0 Å². The van der Waals surface area contributed by atoms with Crippen LogP contribution in [0.25, 0.3) is 0 Å². The van der Waals surface area contributed by atoms with Crippen molar-refractivity contribution in [2.45, 2.75) is 45.6 Å². The molecule has 0 aromatic heterocycles. The minimum atomic E-state index is -0.775. The number of fused-ring (bicyclic) bond motifs is 1. The third-order valence-electron chi connectivity index (χ3n) is 4.34. The molecular weight excluding hydrogens is 254 g/mol. The first-order valence-electron chi connectivity index (χ1n) is 7.23. The second-order valence-electron chi connectivity index (χ2n) is 5.65. The predicted octanol–water partition coefficient (Wildman–Crippen LogP) is 3.05. The van der Waals surface area contributed by atoms with E-state index in [2.05, 4.69) is 18.7 Å². The summed E-state index contributed by atoms with van der Waals surface area (Å²) >= 11 is 0. The van der Waals surface area contributed by atoms with Crippen LogP contribution in [0.1, 0.15) is 55.3 Å². The molecule has 2 unspecified atom stereocenters. The second kappa shape index (κ2) is 5.83. The van der Waals surface area contributed by atoms with Gasteiger partial charge in [0.2, 0.25) is 0 Å². The zero-order valence-corrected chi connectivity index (χ0v) is 12.4. The van der Waals surface area contributed by atoms with Crippen LogP contribution >= 0.6 is 0 Å². The Balaban J connectivity index is 2.32. The molecule has 0 amide bonds. The summed E-state index contributed by atoms with van der Waals surface area (Å²) in [5.41, 5.74) is 3.45. The molecule has 0 aliphatic heterocycles. The van der Waals surface area contributed by atoms with Gasteiger partial charge in [-0.25, -0.2) is 0 Å². The normalized spacial score (nSPS) is 21.2. The van der Waals surface area contributed by atoms with E-state index in [0.717, 1.165) is 18.5 Å². The van der Waals surface area contributed by atoms with Crippen molar-refractivity contribution >= 4 is 5.97 Å². The maximum Gasteiger partial charge on any atom is 0.304 e. The van der Waals surface area contributed by atoms with E-state index in [1.165, 1.54) is 11.1 Å². The third kappa shape index (κ3) is 2.66. The molecule has 0 bridgehead atoms. The predicted molar refractivity (Wildman–Crippen MR) is 78.1 cm³/mol. The smallest absolute Gasteiger partial charge is 0.304 e. The number of rotatable bonds is 5. The standard InChI is InChI=1S/C16H23NO3/c1-4-17(8-7-14(19)20)12-9-11(3)15-10(2)5-6-13(18)16(12)15/h5-6,11-12,18H,4,7-9H2,1-3H3,(H,19,20). The molecule has 1 aromatic rings. The van der Waals surface area contributed by atoms with Crippen molar-refractivity contribution in [3.8, 4) is 5.75 Å². The molecule has 110 valence electrons. The van der Waals surface area contributed by atoms with Gasteiger partial charge in [0.1, 0.15) is 5.75 Å². The van der Waals surface area contributed by atoms with Crippen LogP contribution in [0.4, 0.5) is 0 Å². The molecule has 1 aliphatic rings. The minimum absolute atomic E-state index is 0.129. The van der Waals surface area contributed by atoms with E-state index in [4.69, 9.17) is 5.11 Å². The quantitative estimate of drug-likeness (QED) is 0.868. The lowest BCUT2D eigenvalue weighted by atomic mass is 9.97. The van der Waals surface area contributed by atoms with E-state index in [0.29, 0.717) is 18.2 Å². The highest BCUT2D eigenvalue weighted by atomic mass is 16.4. The molecular formula is C16H23NO3. The van der Waals surface area contributed by atoms with Crippen molar-refractivity contribution < 1.29 is 15.0 Å². The number of benzene rings is 1. The summed E-state index contributed by atoms with van der Waals surface area (Å²) in [4.78, 5) is 13.0. The first-order valence-corrected chi connectivity index (χ1v) is 7.23. The number of carbonyl (C=O) groups is 1. The molecule has 0 radical (unpaired) electrons. The zero-order valence-electron chi connectivity index (χ0n) is 12.4. The van der Waals surface area contributed by atoms with Crippen molar-refractivity contribution in [3.05, 3.63) is 28.8 Å². The highest BCUT2D eigenvalue weighted by molar-refractivity contribution is 5.66. The van der Waals surface area contributed by atoms with Gasteiger partial charge in [0, 0.05) is 18.2 Å². The highest BCUT2D eigenvalue weighted by Gasteiger charge is 2.35. The molecule has 0 saturated heterocycles. The molecule has 1 aliphatic carbocycles. The van der Waals surface area contributed by atoms with E-state index < -0.39 is 5.97 Å². The molecule has 0 saturated carbocycles. The third-order valence-corrected chi connectivity index (χ3v) is 4.34. The van der Waals surface area contributed by atoms with Gasteiger partial charge >= 0.3 is 5.97 Å². The number of nitrogens with zero attached hydrogens (tertiary/aromatic N) is 1. The Kier molecular flexibility index (Phi) is 4.33. The average Bonchev–Trinajstić information content (AvgIpc) is 2.74. The SMILES string of the molecule is CCN(CCC(=O)O)C1CC(C)c2c(C)ccc(O)c21. The van der Waals surface area contributed by atoms with Crippen molar-refractivity contribution in [1.82, 2.24) is 4.90 Å². The molecule has 0 fully saturated rings. The van der Waals surface area contributed by atoms with Crippen molar-refractivity contribution in [2.24, 2.45) is 0 Å². The lowest BCUT2D eigenvalue weighted by Gasteiger charge is -2.28. The van der Waals surface area contributed by atoms with Gasteiger partial charge in [-0.15, -0.1) is 0 Å². The summed E-state index contributed by atoms with van der Waals surface area (Å²) in [6, 6.07) is 3.84. The number of aromatic hydroxyl groups is 1. The number of aryl methyl sites for hydroxylation is 1. The van der Waals surface area contributed by atoms with Gasteiger partial charge in [0.05, 0.1) is 6.42 Å². The largest absolute Gasteiger partial charge is 0.508 e. The fourth-order valence-corrected chi connectivity index (χ4v) is 3.41. The maximum absolute atomic E-state index is 10.8. The first-order chi connectivity index (χ1) is 9.45. The number of carboxylic acid groups (broad SMARTS) is 1. The zero-order chi connectivity index (χ0) is 14.9. The molecule has 2 rings (SSSR count). The molecule has 2 N–H and O–H groups in total. The Hall–Kier alpha value is -1.55. The minimum Gasteiger partial charge on any atom is -0.508 e. The van der Waals surface area contributed by atoms with Crippen LogP contribution < -0.4 is 0 Å². The van der Waals surface area contributed by atoms with Crippen molar-refractivity contribution in [3.63, 3.8) is 0 Å². The van der Waals surface area contributed by atoms with Crippen LogP contribution in [0.2, 0.25) is 0 Å². The fourth-order valence-electron chi connectivity index (χ4n) is 3.41. The van der Waals surface area contributed by atoms with Crippen molar-refractivity contribution in [2.75, 3.05) is 13.1 Å². The van der Waals surface area contributed by atoms with Crippen LogP contribution in [0.5, 0.6) is 5.75 Å². The number of hydrogen-bond donors (Lipinski definition) is 2. The molecule has 2 atom stereocenters. The molecule has 4 heteroatoms. The Morgan fingerprint density at radius 2 is 2.10 bits per heavy atom. The second-order valence-corrected chi connectivity index (χ2v) is 5.65. The van der Waals surface area contributed by atoms with Crippen molar-refractivity contribution in [1.29, 1.82) is 0 Å². The van der Waals surface area contributed by atoms with E-state index in [1.807, 2.05) is 13.0 Å². The Morgan fingerprint density at radius 3 is 2.70 bits per heavy atom. The number of phenolic OH excluding ortho intramolecular Hbond substituents is 1. The van der Waals surface area contributed by atoms with E-state index in [-0.39, 0.29) is 12.5 Å². The van der Waals surface area contributed by atoms with Gasteiger partial charge in [-0.1, -0.05) is 19.9 Å². The number of hydrogen-bond acceptors (Lipinski definition) is 3. The van der Waals surface area contributed by atoms with Gasteiger partial charge in [-0.3, -0.25) is 9.69 Å². The van der Waals surface area contributed by atoms with Gasteiger partial charge in [-0.2, -0.15) is 0 Å². The molecule has 1 aromatic carbocycles. The van der Waals surface area contributed by atoms with Gasteiger partial charge in [0.25, 0.3) is 0 Å². The Bertz CT molecular complexity index is 513. The van der Waals surface area contributed by atoms with Gasteiger partial charge < -0.3 is 10.2 Å². The van der Waals surface area contributed by atoms with Crippen LogP contribution in [0.15, 0.2) is 12.1 Å². The number of phenols is 1.